The second-order valence-electron chi connectivity index (χ2n) is 5.41. The van der Waals surface area contributed by atoms with E-state index in [0.29, 0.717) is 18.4 Å². The minimum absolute atomic E-state index is 0.151. The molecule has 1 saturated heterocycles. The molecule has 0 spiro atoms. The average Bonchev–Trinajstić information content (AvgIpc) is 2.45. The highest BCUT2D eigenvalue weighted by Crippen LogP contribution is 2.25. The third-order valence-corrected chi connectivity index (χ3v) is 6.27. The molecule has 1 fully saturated rings. The Bertz CT molecular complexity index is 602. The van der Waals surface area contributed by atoms with Crippen molar-refractivity contribution in [3.8, 4) is 0 Å². The quantitative estimate of drug-likeness (QED) is 0.802. The SMILES string of the molecule is CCc1ccc(CC)c(C(=O)C2CCCCS2(=O)=O)c1. The fraction of sp³-hybridized carbons (Fsp3) is 0.562. The lowest BCUT2D eigenvalue weighted by Gasteiger charge is -2.22. The van der Waals surface area contributed by atoms with E-state index in [1.165, 1.54) is 0 Å². The van der Waals surface area contributed by atoms with Crippen LogP contribution in [0.5, 0.6) is 0 Å². The molecule has 1 aromatic rings. The minimum Gasteiger partial charge on any atom is -0.293 e. The Morgan fingerprint density at radius 1 is 1.20 bits per heavy atom. The van der Waals surface area contributed by atoms with E-state index in [2.05, 4.69) is 0 Å². The summed E-state index contributed by atoms with van der Waals surface area (Å²) in [7, 11) is -3.27. The largest absolute Gasteiger partial charge is 0.293 e. The average molecular weight is 294 g/mol. The zero-order chi connectivity index (χ0) is 14.8. The molecule has 2 rings (SSSR count). The van der Waals surface area contributed by atoms with Gasteiger partial charge in [0.2, 0.25) is 0 Å². The molecule has 0 amide bonds. The van der Waals surface area contributed by atoms with E-state index in [-0.39, 0.29) is 11.5 Å². The Morgan fingerprint density at radius 3 is 2.55 bits per heavy atom. The van der Waals surface area contributed by atoms with Gasteiger partial charge in [0.15, 0.2) is 15.6 Å². The zero-order valence-electron chi connectivity index (χ0n) is 12.2. The smallest absolute Gasteiger partial charge is 0.181 e. The van der Waals surface area contributed by atoms with Gasteiger partial charge in [0, 0.05) is 5.56 Å². The fourth-order valence-electron chi connectivity index (χ4n) is 2.80. The van der Waals surface area contributed by atoms with Crippen LogP contribution in [0.1, 0.15) is 54.6 Å². The molecule has 0 N–H and O–H groups in total. The Hall–Kier alpha value is -1.16. The third-order valence-electron chi connectivity index (χ3n) is 4.10. The lowest BCUT2D eigenvalue weighted by Crippen LogP contribution is -2.36. The van der Waals surface area contributed by atoms with Crippen LogP contribution in [0.15, 0.2) is 18.2 Å². The summed E-state index contributed by atoms with van der Waals surface area (Å²) in [6.45, 7) is 4.03. The number of hydrogen-bond donors (Lipinski definition) is 0. The van der Waals surface area contributed by atoms with E-state index in [0.717, 1.165) is 30.4 Å². The molecule has 1 atom stereocenters. The van der Waals surface area contributed by atoms with Crippen molar-refractivity contribution in [2.24, 2.45) is 0 Å². The van der Waals surface area contributed by atoms with E-state index in [1.807, 2.05) is 32.0 Å². The maximum Gasteiger partial charge on any atom is 0.181 e. The van der Waals surface area contributed by atoms with Crippen molar-refractivity contribution in [1.29, 1.82) is 0 Å². The van der Waals surface area contributed by atoms with Crippen LogP contribution in [0.25, 0.3) is 0 Å². The lowest BCUT2D eigenvalue weighted by atomic mass is 9.95. The number of rotatable bonds is 4. The molecule has 110 valence electrons. The number of aryl methyl sites for hydroxylation is 2. The van der Waals surface area contributed by atoms with E-state index in [1.54, 1.807) is 0 Å². The maximum absolute atomic E-state index is 12.7. The van der Waals surface area contributed by atoms with Gasteiger partial charge in [-0.2, -0.15) is 0 Å². The highest BCUT2D eigenvalue weighted by atomic mass is 32.2. The molecule has 0 radical (unpaired) electrons. The van der Waals surface area contributed by atoms with Crippen LogP contribution in [-0.4, -0.2) is 25.2 Å². The molecule has 1 aromatic carbocycles. The van der Waals surface area contributed by atoms with Gasteiger partial charge in [-0.15, -0.1) is 0 Å². The monoisotopic (exact) mass is 294 g/mol. The van der Waals surface area contributed by atoms with Crippen molar-refractivity contribution in [3.05, 3.63) is 34.9 Å². The van der Waals surface area contributed by atoms with E-state index in [4.69, 9.17) is 0 Å². The Morgan fingerprint density at radius 2 is 1.95 bits per heavy atom. The van der Waals surface area contributed by atoms with Gasteiger partial charge in [-0.1, -0.05) is 32.4 Å². The summed E-state index contributed by atoms with van der Waals surface area (Å²) >= 11 is 0. The summed E-state index contributed by atoms with van der Waals surface area (Å²) in [5.74, 6) is -0.0462. The first-order valence-electron chi connectivity index (χ1n) is 7.37. The van der Waals surface area contributed by atoms with Crippen molar-refractivity contribution in [2.75, 3.05) is 5.75 Å². The Kier molecular flexibility index (Phi) is 4.63. The highest BCUT2D eigenvalue weighted by Gasteiger charge is 2.35. The van der Waals surface area contributed by atoms with Gasteiger partial charge < -0.3 is 0 Å². The van der Waals surface area contributed by atoms with E-state index < -0.39 is 15.1 Å². The number of benzene rings is 1. The lowest BCUT2D eigenvalue weighted by molar-refractivity contribution is 0.0980. The van der Waals surface area contributed by atoms with Crippen LogP contribution >= 0.6 is 0 Å². The Balaban J connectivity index is 2.42. The highest BCUT2D eigenvalue weighted by molar-refractivity contribution is 7.92. The molecule has 0 aromatic heterocycles. The topological polar surface area (TPSA) is 51.2 Å². The van der Waals surface area contributed by atoms with Crippen molar-refractivity contribution in [2.45, 2.75) is 51.2 Å². The second kappa shape index (κ2) is 6.08. The number of carbonyl (C=O) groups is 1. The summed E-state index contributed by atoms with van der Waals surface area (Å²) in [5.41, 5.74) is 2.65. The van der Waals surface area contributed by atoms with Crippen molar-refractivity contribution < 1.29 is 13.2 Å². The molecule has 0 aliphatic carbocycles. The number of ketones is 1. The van der Waals surface area contributed by atoms with Crippen LogP contribution < -0.4 is 0 Å². The van der Waals surface area contributed by atoms with Crippen molar-refractivity contribution in [3.63, 3.8) is 0 Å². The summed E-state index contributed by atoms with van der Waals surface area (Å²) in [6, 6.07) is 5.86. The molecular weight excluding hydrogens is 272 g/mol. The van der Waals surface area contributed by atoms with Crippen molar-refractivity contribution in [1.82, 2.24) is 0 Å². The van der Waals surface area contributed by atoms with Crippen LogP contribution in [0.3, 0.4) is 0 Å². The summed E-state index contributed by atoms with van der Waals surface area (Å²) in [5, 5.41) is -0.825. The number of Topliss-reactive ketones (excluding diaryl/α,β-unsaturated/α-hetero) is 1. The predicted molar refractivity (Wildman–Crippen MR) is 81.0 cm³/mol. The molecule has 1 heterocycles. The molecule has 20 heavy (non-hydrogen) atoms. The number of carbonyl (C=O) groups excluding carboxylic acids is 1. The van der Waals surface area contributed by atoms with Crippen LogP contribution in [0, 0.1) is 0 Å². The first-order valence-corrected chi connectivity index (χ1v) is 9.08. The van der Waals surface area contributed by atoms with Gasteiger partial charge in [0.05, 0.1) is 5.75 Å². The van der Waals surface area contributed by atoms with E-state index >= 15 is 0 Å². The minimum atomic E-state index is -3.27. The normalized spacial score (nSPS) is 21.6. The standard InChI is InChI=1S/C16H22O3S/c1-3-12-8-9-13(4-2)14(11-12)16(17)15-7-5-6-10-20(15,18)19/h8-9,11,15H,3-7,10H2,1-2H3. The third kappa shape index (κ3) is 2.95. The van der Waals surface area contributed by atoms with Gasteiger partial charge >= 0.3 is 0 Å². The van der Waals surface area contributed by atoms with Gasteiger partial charge in [-0.25, -0.2) is 8.42 Å². The number of hydrogen-bond acceptors (Lipinski definition) is 3. The first kappa shape index (κ1) is 15.2. The molecule has 3 nitrogen and oxygen atoms in total. The number of sulfone groups is 1. The van der Waals surface area contributed by atoms with Gasteiger partial charge in [0.25, 0.3) is 0 Å². The summed E-state index contributed by atoms with van der Waals surface area (Å²) < 4.78 is 24.3. The summed E-state index contributed by atoms with van der Waals surface area (Å²) in [4.78, 5) is 12.7. The van der Waals surface area contributed by atoms with Crippen LogP contribution in [0.4, 0.5) is 0 Å². The van der Waals surface area contributed by atoms with Crippen LogP contribution in [0.2, 0.25) is 0 Å². The van der Waals surface area contributed by atoms with Gasteiger partial charge in [-0.05, 0) is 42.9 Å². The fourth-order valence-corrected chi connectivity index (χ4v) is 4.67. The Labute approximate surface area is 121 Å². The second-order valence-corrected chi connectivity index (χ2v) is 7.72. The molecule has 1 aliphatic heterocycles. The molecule has 0 saturated carbocycles. The molecule has 1 unspecified atom stereocenters. The molecule has 4 heteroatoms. The molecule has 1 aliphatic rings. The molecule has 0 bridgehead atoms. The van der Waals surface area contributed by atoms with E-state index in [9.17, 15) is 13.2 Å². The summed E-state index contributed by atoms with van der Waals surface area (Å²) in [6.07, 6.45) is 3.58. The van der Waals surface area contributed by atoms with Crippen LogP contribution in [-0.2, 0) is 22.7 Å². The van der Waals surface area contributed by atoms with Gasteiger partial charge in [0.1, 0.15) is 5.25 Å². The first-order chi connectivity index (χ1) is 9.49. The molecular formula is C16H22O3S. The predicted octanol–water partition coefficient (Wildman–Crippen LogP) is 2.96. The van der Waals surface area contributed by atoms with Crippen molar-refractivity contribution >= 4 is 15.6 Å². The van der Waals surface area contributed by atoms with Gasteiger partial charge in [-0.3, -0.25) is 4.79 Å². The zero-order valence-corrected chi connectivity index (χ0v) is 13.0. The maximum atomic E-state index is 12.7.